The van der Waals surface area contributed by atoms with E-state index in [1.54, 1.807) is 48.2 Å². The van der Waals surface area contributed by atoms with Gasteiger partial charge in [-0.2, -0.15) is 0 Å². The molecule has 0 saturated heterocycles. The van der Waals surface area contributed by atoms with Gasteiger partial charge in [0, 0.05) is 44.8 Å². The number of rotatable bonds is 3. The van der Waals surface area contributed by atoms with Crippen molar-refractivity contribution in [1.82, 2.24) is 19.9 Å². The van der Waals surface area contributed by atoms with Gasteiger partial charge < -0.3 is 24.0 Å². The number of carbonyl (C=O) groups excluding carboxylic acids is 3. The third-order valence-electron chi connectivity index (χ3n) is 7.04. The molecule has 1 atom stereocenters. The van der Waals surface area contributed by atoms with Gasteiger partial charge in [0.05, 0.1) is 17.9 Å². The van der Waals surface area contributed by atoms with E-state index in [9.17, 15) is 14.4 Å². The van der Waals surface area contributed by atoms with Crippen molar-refractivity contribution in [3.05, 3.63) is 46.3 Å². The maximum atomic E-state index is 13.6. The van der Waals surface area contributed by atoms with Gasteiger partial charge in [0.15, 0.2) is 0 Å². The molecule has 1 aromatic heterocycles. The molecule has 0 saturated carbocycles. The number of amides is 3. The molecule has 0 unspecified atom stereocenters. The molecule has 0 fully saturated rings. The van der Waals surface area contributed by atoms with E-state index in [1.165, 1.54) is 4.90 Å². The van der Waals surface area contributed by atoms with Crippen LogP contribution >= 0.6 is 11.6 Å². The highest BCUT2D eigenvalue weighted by atomic mass is 35.5. The molecule has 3 amide bonds. The quantitative estimate of drug-likeness (QED) is 0.518. The minimum absolute atomic E-state index is 0.106. The van der Waals surface area contributed by atoms with Crippen LogP contribution in [0.3, 0.4) is 0 Å². The number of aromatic nitrogens is 1. The van der Waals surface area contributed by atoms with E-state index in [1.807, 2.05) is 27.7 Å². The van der Waals surface area contributed by atoms with Gasteiger partial charge in [-0.1, -0.05) is 44.5 Å². The van der Waals surface area contributed by atoms with Crippen molar-refractivity contribution in [2.45, 2.75) is 65.3 Å². The normalized spacial score (nSPS) is 18.8. The Morgan fingerprint density at radius 3 is 2.31 bits per heavy atom. The van der Waals surface area contributed by atoms with Crippen molar-refractivity contribution in [1.29, 1.82) is 0 Å². The highest BCUT2D eigenvalue weighted by Crippen LogP contribution is 2.27. The lowest BCUT2D eigenvalue weighted by Gasteiger charge is -2.33. The lowest BCUT2D eigenvalue weighted by Crippen LogP contribution is -2.51. The fraction of sp³-hybridized carbons (Fsp3) is 0.586. The number of benzene rings is 1. The Morgan fingerprint density at radius 2 is 1.67 bits per heavy atom. The summed E-state index contributed by atoms with van der Waals surface area (Å²) < 4.78 is 11.4. The number of hydrogen-bond acceptors (Lipinski definition) is 6. The van der Waals surface area contributed by atoms with Gasteiger partial charge in [0.25, 0.3) is 11.8 Å². The van der Waals surface area contributed by atoms with Crippen LogP contribution in [0.25, 0.3) is 0 Å². The Labute approximate surface area is 236 Å². The topological polar surface area (TPSA) is 96.2 Å². The van der Waals surface area contributed by atoms with Crippen LogP contribution in [0.4, 0.5) is 0 Å². The van der Waals surface area contributed by atoms with E-state index < -0.39 is 6.04 Å². The fourth-order valence-electron chi connectivity index (χ4n) is 4.72. The third kappa shape index (κ3) is 7.75. The van der Waals surface area contributed by atoms with Crippen molar-refractivity contribution < 1.29 is 23.6 Å². The molecule has 1 aromatic carbocycles. The second-order valence-electron chi connectivity index (χ2n) is 10.8. The van der Waals surface area contributed by atoms with Crippen LogP contribution in [-0.2, 0) is 4.79 Å². The third-order valence-corrected chi connectivity index (χ3v) is 7.27. The summed E-state index contributed by atoms with van der Waals surface area (Å²) >= 11 is 6.24. The first-order chi connectivity index (χ1) is 18.5. The summed E-state index contributed by atoms with van der Waals surface area (Å²) in [7, 11) is 3.40. The van der Waals surface area contributed by atoms with Gasteiger partial charge in [-0.3, -0.25) is 14.4 Å². The number of halogens is 1. The molecule has 39 heavy (non-hydrogen) atoms. The van der Waals surface area contributed by atoms with E-state index >= 15 is 0 Å². The molecule has 9 nitrogen and oxygen atoms in total. The first kappa shape index (κ1) is 30.5. The van der Waals surface area contributed by atoms with Crippen molar-refractivity contribution in [3.63, 3.8) is 0 Å². The van der Waals surface area contributed by atoms with E-state index in [0.29, 0.717) is 61.8 Å². The molecule has 2 heterocycles. The van der Waals surface area contributed by atoms with Crippen LogP contribution in [-0.4, -0.2) is 84.0 Å². The van der Waals surface area contributed by atoms with Crippen LogP contribution in [0, 0.1) is 5.92 Å². The predicted octanol–water partition coefficient (Wildman–Crippen LogP) is 5.10. The number of ether oxygens (including phenoxy) is 1. The summed E-state index contributed by atoms with van der Waals surface area (Å²) in [4.78, 5) is 45.2. The zero-order valence-corrected chi connectivity index (χ0v) is 24.7. The van der Waals surface area contributed by atoms with Gasteiger partial charge in [0.2, 0.25) is 11.7 Å². The van der Waals surface area contributed by atoms with Gasteiger partial charge >= 0.3 is 0 Å². The summed E-state index contributed by atoms with van der Waals surface area (Å²) in [5, 5.41) is 4.45. The monoisotopic (exact) mass is 560 g/mol. The first-order valence-electron chi connectivity index (χ1n) is 13.7. The molecule has 0 bridgehead atoms. The average molecular weight is 561 g/mol. The SMILES string of the molecule is CC(C)c1cc(C(=O)N2CCCCOc3ccc(Cl)cc3C(=O)N(C)[C@@H](C(C)C)C(=O)N(C)CCCC2)on1. The van der Waals surface area contributed by atoms with Crippen LogP contribution < -0.4 is 4.74 Å². The Kier molecular flexibility index (Phi) is 10.8. The maximum absolute atomic E-state index is 13.6. The van der Waals surface area contributed by atoms with Crippen LogP contribution in [0.1, 0.15) is 85.9 Å². The maximum Gasteiger partial charge on any atom is 0.292 e. The molecule has 10 heteroatoms. The average Bonchev–Trinajstić information content (AvgIpc) is 3.39. The summed E-state index contributed by atoms with van der Waals surface area (Å²) in [5.74, 6) is 0.0669. The van der Waals surface area contributed by atoms with Crippen molar-refractivity contribution in [2.75, 3.05) is 40.3 Å². The number of hydrogen-bond donors (Lipinski definition) is 0. The Balaban J connectivity index is 1.85. The van der Waals surface area contributed by atoms with Crippen LogP contribution in [0.15, 0.2) is 28.8 Å². The predicted molar refractivity (Wildman–Crippen MR) is 150 cm³/mol. The highest BCUT2D eigenvalue weighted by Gasteiger charge is 2.33. The molecule has 1 aliphatic rings. The lowest BCUT2D eigenvalue weighted by atomic mass is 10.00. The minimum atomic E-state index is -0.648. The van der Waals surface area contributed by atoms with Gasteiger partial charge in [-0.25, -0.2) is 0 Å². The largest absolute Gasteiger partial charge is 0.493 e. The van der Waals surface area contributed by atoms with E-state index in [2.05, 4.69) is 5.16 Å². The molecular formula is C29H41ClN4O5. The smallest absolute Gasteiger partial charge is 0.292 e. The molecule has 1 aliphatic heterocycles. The van der Waals surface area contributed by atoms with E-state index in [-0.39, 0.29) is 35.3 Å². The zero-order chi connectivity index (χ0) is 28.7. The molecule has 214 valence electrons. The summed E-state index contributed by atoms with van der Waals surface area (Å²) in [5.41, 5.74) is 1.06. The zero-order valence-electron chi connectivity index (χ0n) is 23.9. The minimum Gasteiger partial charge on any atom is -0.493 e. The highest BCUT2D eigenvalue weighted by molar-refractivity contribution is 6.31. The second kappa shape index (κ2) is 13.8. The molecular weight excluding hydrogens is 520 g/mol. The molecule has 3 rings (SSSR count). The van der Waals surface area contributed by atoms with Crippen LogP contribution in [0.5, 0.6) is 5.75 Å². The summed E-state index contributed by atoms with van der Waals surface area (Å²) in [6.45, 7) is 9.79. The van der Waals surface area contributed by atoms with Crippen LogP contribution in [0.2, 0.25) is 5.02 Å². The number of carbonyl (C=O) groups is 3. The number of nitrogens with zero attached hydrogens (tertiary/aromatic N) is 4. The molecule has 0 spiro atoms. The number of likely N-dealkylation sites (N-methyl/N-ethyl adjacent to an activating group) is 2. The van der Waals surface area contributed by atoms with E-state index in [0.717, 1.165) is 12.1 Å². The summed E-state index contributed by atoms with van der Waals surface area (Å²) in [6, 6.07) is 6.01. The molecule has 0 radical (unpaired) electrons. The lowest BCUT2D eigenvalue weighted by molar-refractivity contribution is -0.136. The van der Waals surface area contributed by atoms with Crippen molar-refractivity contribution in [3.8, 4) is 5.75 Å². The Hall–Kier alpha value is -3.07. The fourth-order valence-corrected chi connectivity index (χ4v) is 4.89. The summed E-state index contributed by atoms with van der Waals surface area (Å²) in [6.07, 6.45) is 2.82. The Bertz CT molecular complexity index is 1150. The standard InChI is InChI=1S/C29H41ClN4O5/c1-19(2)23-18-25(39-31-23)28(36)34-14-8-7-13-32(5)29(37)26(20(3)4)33(6)27(35)22-17-21(30)11-12-24(22)38-16-10-9-15-34/h11-12,17-20,26H,7-10,13-16H2,1-6H3/t26-/m0/s1. The second-order valence-corrected chi connectivity index (χ2v) is 11.3. The van der Waals surface area contributed by atoms with Gasteiger partial charge in [-0.05, 0) is 55.7 Å². The van der Waals surface area contributed by atoms with E-state index in [4.69, 9.17) is 20.9 Å². The Morgan fingerprint density at radius 1 is 1.00 bits per heavy atom. The number of fused-ring (bicyclic) bond motifs is 1. The molecule has 0 N–H and O–H groups in total. The first-order valence-corrected chi connectivity index (χ1v) is 14.1. The van der Waals surface area contributed by atoms with Gasteiger partial charge in [0.1, 0.15) is 11.8 Å². The van der Waals surface area contributed by atoms with Gasteiger partial charge in [-0.15, -0.1) is 0 Å². The van der Waals surface area contributed by atoms with Crippen molar-refractivity contribution >= 4 is 29.3 Å². The van der Waals surface area contributed by atoms with Crippen molar-refractivity contribution in [2.24, 2.45) is 5.92 Å². The molecule has 0 aliphatic carbocycles. The molecule has 2 aromatic rings.